The number of esters is 1. The fourth-order valence-electron chi connectivity index (χ4n) is 5.41. The lowest BCUT2D eigenvalue weighted by atomic mass is 9.96. The molecule has 2 aliphatic heterocycles. The van der Waals surface area contributed by atoms with Gasteiger partial charge in [-0.3, -0.25) is 4.79 Å². The lowest BCUT2D eigenvalue weighted by Gasteiger charge is -2.42. The number of aliphatic hydroxyl groups is 3. The number of allylic oxidation sites excluding steroid dienone is 7. The van der Waals surface area contributed by atoms with Crippen LogP contribution in [0.15, 0.2) is 59.8 Å². The molecule has 250 valence electrons. The van der Waals surface area contributed by atoms with E-state index in [1.807, 2.05) is 57.2 Å². The van der Waals surface area contributed by atoms with E-state index in [1.54, 1.807) is 7.11 Å². The average molecular weight is 623 g/mol. The van der Waals surface area contributed by atoms with Gasteiger partial charge in [-0.15, -0.1) is 0 Å². The summed E-state index contributed by atoms with van der Waals surface area (Å²) < 4.78 is 33.9. The molecule has 1 fully saturated rings. The Balaban J connectivity index is 2.39. The molecular formula is C34H54O10. The molecule has 2 aliphatic rings. The third-order valence-corrected chi connectivity index (χ3v) is 7.77. The molecule has 0 amide bonds. The number of hydrogen-bond acceptors (Lipinski definition) is 10. The number of carbonyl (C=O) groups is 1. The third-order valence-electron chi connectivity index (χ3n) is 7.77. The molecule has 3 N–H and O–H groups in total. The third kappa shape index (κ3) is 12.7. The predicted octanol–water partition coefficient (Wildman–Crippen LogP) is 4.30. The fraction of sp³-hybridized carbons (Fsp3) is 0.676. The first-order valence-corrected chi connectivity index (χ1v) is 15.4. The Labute approximate surface area is 263 Å². The number of carbonyl (C=O) groups excluding carboxylic acids is 1. The predicted molar refractivity (Wildman–Crippen MR) is 168 cm³/mol. The Kier molecular flexibility index (Phi) is 17.4. The van der Waals surface area contributed by atoms with E-state index in [2.05, 4.69) is 19.1 Å². The largest absolute Gasteiger partial charge is 0.458 e. The van der Waals surface area contributed by atoms with Gasteiger partial charge in [-0.05, 0) is 51.2 Å². The Morgan fingerprint density at radius 2 is 1.68 bits per heavy atom. The zero-order chi connectivity index (χ0) is 32.6. The lowest BCUT2D eigenvalue weighted by Crippen LogP contribution is -2.60. The average Bonchev–Trinajstić information content (AvgIpc) is 2.97. The highest BCUT2D eigenvalue weighted by Gasteiger charge is 2.47. The van der Waals surface area contributed by atoms with Crippen LogP contribution in [0, 0.1) is 5.92 Å². The smallest absolute Gasteiger partial charge is 0.309 e. The molecule has 44 heavy (non-hydrogen) atoms. The summed E-state index contributed by atoms with van der Waals surface area (Å²) in [5.74, 6) is -0.268. The molecule has 0 radical (unpaired) electrons. The zero-order valence-corrected chi connectivity index (χ0v) is 27.3. The van der Waals surface area contributed by atoms with E-state index in [0.717, 1.165) is 24.0 Å². The van der Waals surface area contributed by atoms with Gasteiger partial charge in [0.05, 0.1) is 24.7 Å². The molecule has 10 atom stereocenters. The summed E-state index contributed by atoms with van der Waals surface area (Å²) in [5.41, 5.74) is 2.06. The standard InChI is InChI=1S/C34H54O10/c1-8-9-14-23(3)18-26-16-13-11-10-12-15-22(2)17-24(4)28(39-5)20-25(35)19-27(21-29(36)42-26)43-34-31(38)32(40-6)30(37)33(41-7)44-34/h8-13,17-18,22,25-28,30-35,37-38H,14-16,19-21H2,1-7H3/t22-,25-,26+,27+,28-,30-,31+,32-,33-,34+/m0/s1. The van der Waals surface area contributed by atoms with Crippen LogP contribution in [-0.2, 0) is 33.2 Å². The first kappa shape index (κ1) is 38.0. The van der Waals surface area contributed by atoms with E-state index in [1.165, 1.54) is 14.2 Å². The monoisotopic (exact) mass is 622 g/mol. The van der Waals surface area contributed by atoms with Crippen LogP contribution in [-0.4, -0.2) is 97.9 Å². The minimum absolute atomic E-state index is 0.0334. The molecule has 0 aromatic rings. The first-order valence-electron chi connectivity index (χ1n) is 15.4. The van der Waals surface area contributed by atoms with Crippen LogP contribution >= 0.6 is 0 Å². The number of ether oxygens (including phenoxy) is 6. The molecule has 0 aromatic heterocycles. The van der Waals surface area contributed by atoms with Crippen LogP contribution in [0.5, 0.6) is 0 Å². The highest BCUT2D eigenvalue weighted by molar-refractivity contribution is 5.70. The van der Waals surface area contributed by atoms with Crippen molar-refractivity contribution >= 4 is 5.97 Å². The van der Waals surface area contributed by atoms with E-state index >= 15 is 0 Å². The Morgan fingerprint density at radius 3 is 2.32 bits per heavy atom. The van der Waals surface area contributed by atoms with E-state index in [4.69, 9.17) is 28.4 Å². The summed E-state index contributed by atoms with van der Waals surface area (Å²) in [7, 11) is 4.30. The molecule has 0 spiro atoms. The normalized spacial score (nSPS) is 35.6. The van der Waals surface area contributed by atoms with Crippen molar-refractivity contribution in [3.8, 4) is 0 Å². The second-order valence-electron chi connectivity index (χ2n) is 11.6. The topological polar surface area (TPSA) is 133 Å². The van der Waals surface area contributed by atoms with Gasteiger partial charge in [-0.25, -0.2) is 0 Å². The quantitative estimate of drug-likeness (QED) is 0.266. The first-order chi connectivity index (χ1) is 21.0. The van der Waals surface area contributed by atoms with E-state index < -0.39 is 55.2 Å². The summed E-state index contributed by atoms with van der Waals surface area (Å²) in [6, 6.07) is 0. The minimum Gasteiger partial charge on any atom is -0.458 e. The second-order valence-corrected chi connectivity index (χ2v) is 11.6. The van der Waals surface area contributed by atoms with Gasteiger partial charge in [-0.2, -0.15) is 0 Å². The number of hydrogen-bond donors (Lipinski definition) is 3. The maximum Gasteiger partial charge on any atom is 0.309 e. The molecule has 2 rings (SSSR count). The molecule has 0 saturated carbocycles. The van der Waals surface area contributed by atoms with Crippen molar-refractivity contribution in [1.29, 1.82) is 0 Å². The van der Waals surface area contributed by atoms with Crippen molar-refractivity contribution in [3.63, 3.8) is 0 Å². The zero-order valence-electron chi connectivity index (χ0n) is 27.3. The molecule has 0 unspecified atom stereocenters. The van der Waals surface area contributed by atoms with E-state index in [0.29, 0.717) is 6.42 Å². The van der Waals surface area contributed by atoms with Crippen LogP contribution < -0.4 is 0 Å². The molecule has 1 saturated heterocycles. The lowest BCUT2D eigenvalue weighted by molar-refractivity contribution is -0.356. The maximum atomic E-state index is 13.3. The second kappa shape index (κ2) is 20.1. The van der Waals surface area contributed by atoms with Crippen molar-refractivity contribution < 1.29 is 48.5 Å². The number of aliphatic hydroxyl groups excluding tert-OH is 3. The van der Waals surface area contributed by atoms with Crippen LogP contribution in [0.25, 0.3) is 0 Å². The van der Waals surface area contributed by atoms with Gasteiger partial charge in [0.1, 0.15) is 24.4 Å². The highest BCUT2D eigenvalue weighted by atomic mass is 16.8. The molecule has 10 heteroatoms. The SMILES string of the molecule is CC=CCC(C)=C[C@H]1CC=CC=CC[C@H](C)C=C(C)[C@@H](OC)C[C@@H](O)C[C@@H](O[C@@H]2O[C@H](OC)[C@@H](O)[C@H](OC)[C@H]2O)CC(=O)O1. The Morgan fingerprint density at radius 1 is 1.00 bits per heavy atom. The van der Waals surface area contributed by atoms with Gasteiger partial charge in [0.2, 0.25) is 0 Å². The Bertz CT molecular complexity index is 1000. The van der Waals surface area contributed by atoms with Crippen molar-refractivity contribution in [2.75, 3.05) is 21.3 Å². The molecule has 0 aromatic carbocycles. The molecule has 0 aliphatic carbocycles. The minimum atomic E-state index is -1.39. The maximum absolute atomic E-state index is 13.3. The molecular weight excluding hydrogens is 568 g/mol. The van der Waals surface area contributed by atoms with Crippen LogP contribution in [0.2, 0.25) is 0 Å². The van der Waals surface area contributed by atoms with Gasteiger partial charge in [0, 0.05) is 40.6 Å². The summed E-state index contributed by atoms with van der Waals surface area (Å²) in [5, 5.41) is 32.5. The number of rotatable bonds is 8. The van der Waals surface area contributed by atoms with Gasteiger partial charge in [-0.1, -0.05) is 55.0 Å². The van der Waals surface area contributed by atoms with Gasteiger partial charge in [0.15, 0.2) is 12.6 Å². The Hall–Kier alpha value is -2.15. The van der Waals surface area contributed by atoms with Gasteiger partial charge >= 0.3 is 5.97 Å². The van der Waals surface area contributed by atoms with Crippen LogP contribution in [0.1, 0.15) is 66.2 Å². The van der Waals surface area contributed by atoms with Crippen molar-refractivity contribution in [2.45, 2.75) is 122 Å². The number of cyclic esters (lactones) is 1. The van der Waals surface area contributed by atoms with E-state index in [9.17, 15) is 20.1 Å². The summed E-state index contributed by atoms with van der Waals surface area (Å²) in [6.45, 7) is 8.05. The highest BCUT2D eigenvalue weighted by Crippen LogP contribution is 2.28. The van der Waals surface area contributed by atoms with E-state index in [-0.39, 0.29) is 31.3 Å². The molecule has 0 bridgehead atoms. The van der Waals surface area contributed by atoms with Gasteiger partial charge < -0.3 is 43.7 Å². The van der Waals surface area contributed by atoms with Crippen LogP contribution in [0.4, 0.5) is 0 Å². The number of methoxy groups -OCH3 is 3. The van der Waals surface area contributed by atoms with Crippen molar-refractivity contribution in [2.24, 2.45) is 5.92 Å². The van der Waals surface area contributed by atoms with Gasteiger partial charge in [0.25, 0.3) is 0 Å². The summed E-state index contributed by atoms with van der Waals surface area (Å²) in [4.78, 5) is 13.3. The summed E-state index contributed by atoms with van der Waals surface area (Å²) in [6.07, 6.45) is 9.43. The van der Waals surface area contributed by atoms with Crippen LogP contribution in [0.3, 0.4) is 0 Å². The molecule has 2 heterocycles. The van der Waals surface area contributed by atoms with Crippen molar-refractivity contribution in [3.05, 3.63) is 59.8 Å². The molecule has 10 nitrogen and oxygen atoms in total. The summed E-state index contributed by atoms with van der Waals surface area (Å²) >= 11 is 0. The fourth-order valence-corrected chi connectivity index (χ4v) is 5.41. The van der Waals surface area contributed by atoms with Crippen molar-refractivity contribution in [1.82, 2.24) is 0 Å².